The summed E-state index contributed by atoms with van der Waals surface area (Å²) in [5.41, 5.74) is 1.90. The summed E-state index contributed by atoms with van der Waals surface area (Å²) in [4.78, 5) is 14.2. The molecule has 0 saturated heterocycles. The molecule has 0 radical (unpaired) electrons. The molecule has 2 aromatic rings. The summed E-state index contributed by atoms with van der Waals surface area (Å²) < 4.78 is 5.94. The molecule has 1 unspecified atom stereocenters. The van der Waals surface area contributed by atoms with E-state index in [1.165, 1.54) is 5.56 Å². The number of carbonyl (C=O) groups is 1. The fourth-order valence-electron chi connectivity index (χ4n) is 1.68. The standard InChI is InChI=1S/C16H16O2Te/c1-12(19-2)13-8-10-14(11-9-13)16(17)18-15-6-4-3-5-7-15/h3-12H,1-2H3. The van der Waals surface area contributed by atoms with Crippen molar-refractivity contribution in [2.75, 3.05) is 0 Å². The summed E-state index contributed by atoms with van der Waals surface area (Å²) in [6.45, 7) is 2.24. The molecule has 0 spiro atoms. The van der Waals surface area contributed by atoms with Crippen molar-refractivity contribution in [3.05, 3.63) is 65.7 Å². The van der Waals surface area contributed by atoms with Gasteiger partial charge in [-0.3, -0.25) is 0 Å². The number of esters is 1. The van der Waals surface area contributed by atoms with Gasteiger partial charge in [0.1, 0.15) is 0 Å². The first-order valence-electron chi connectivity index (χ1n) is 6.10. The van der Waals surface area contributed by atoms with E-state index in [0.29, 0.717) is 15.3 Å². The third kappa shape index (κ3) is 3.83. The Bertz CT molecular complexity index is 534. The molecule has 0 fully saturated rings. The zero-order chi connectivity index (χ0) is 13.7. The average Bonchev–Trinajstić information content (AvgIpc) is 2.47. The Morgan fingerprint density at radius 3 is 2.26 bits per heavy atom. The van der Waals surface area contributed by atoms with Crippen molar-refractivity contribution >= 4 is 26.9 Å². The molecule has 0 aromatic heterocycles. The van der Waals surface area contributed by atoms with E-state index in [1.807, 2.05) is 42.5 Å². The van der Waals surface area contributed by atoms with Gasteiger partial charge in [-0.1, -0.05) is 0 Å². The van der Waals surface area contributed by atoms with E-state index in [0.717, 1.165) is 0 Å². The molecule has 19 heavy (non-hydrogen) atoms. The Morgan fingerprint density at radius 2 is 1.68 bits per heavy atom. The van der Waals surface area contributed by atoms with Crippen molar-refractivity contribution in [3.8, 4) is 5.75 Å². The Morgan fingerprint density at radius 1 is 1.05 bits per heavy atom. The van der Waals surface area contributed by atoms with Gasteiger partial charge < -0.3 is 0 Å². The number of ether oxygens (including phenoxy) is 1. The summed E-state index contributed by atoms with van der Waals surface area (Å²) in [7, 11) is 0. The number of benzene rings is 2. The van der Waals surface area contributed by atoms with Crippen LogP contribution in [0, 0.1) is 0 Å². The normalized spacial score (nSPS) is 11.9. The predicted molar refractivity (Wildman–Crippen MR) is 77.9 cm³/mol. The monoisotopic (exact) mass is 370 g/mol. The Balaban J connectivity index is 2.08. The number of para-hydroxylation sites is 1. The van der Waals surface area contributed by atoms with Crippen LogP contribution in [-0.2, 0) is 0 Å². The van der Waals surface area contributed by atoms with E-state index in [4.69, 9.17) is 4.74 Å². The summed E-state index contributed by atoms with van der Waals surface area (Å²) >= 11 is 0.0186. The molecule has 0 N–H and O–H groups in total. The van der Waals surface area contributed by atoms with E-state index in [-0.39, 0.29) is 26.9 Å². The molecule has 0 amide bonds. The molecule has 1 atom stereocenters. The molecule has 0 bridgehead atoms. The van der Waals surface area contributed by atoms with Gasteiger partial charge in [0.15, 0.2) is 0 Å². The van der Waals surface area contributed by atoms with Crippen molar-refractivity contribution in [3.63, 3.8) is 0 Å². The van der Waals surface area contributed by atoms with Gasteiger partial charge in [0.2, 0.25) is 0 Å². The molecular weight excluding hydrogens is 352 g/mol. The minimum absolute atomic E-state index is 0.0186. The minimum atomic E-state index is -0.307. The molecular formula is C16H16O2Te. The Kier molecular flexibility index (Phi) is 5.01. The zero-order valence-electron chi connectivity index (χ0n) is 11.0. The summed E-state index contributed by atoms with van der Waals surface area (Å²) in [5, 5.41) is 0. The van der Waals surface area contributed by atoms with Crippen molar-refractivity contribution in [1.29, 1.82) is 0 Å². The van der Waals surface area contributed by atoms with Crippen LogP contribution in [0.5, 0.6) is 5.75 Å². The summed E-state index contributed by atoms with van der Waals surface area (Å²) in [6, 6.07) is 16.9. The van der Waals surface area contributed by atoms with Crippen LogP contribution in [0.4, 0.5) is 0 Å². The number of hydrogen-bond donors (Lipinski definition) is 0. The second-order valence-corrected chi connectivity index (χ2v) is 7.57. The second kappa shape index (κ2) is 6.75. The van der Waals surface area contributed by atoms with E-state index in [9.17, 15) is 4.79 Å². The maximum absolute atomic E-state index is 12.0. The van der Waals surface area contributed by atoms with Gasteiger partial charge in [0.25, 0.3) is 0 Å². The van der Waals surface area contributed by atoms with Gasteiger partial charge in [-0.15, -0.1) is 0 Å². The third-order valence-electron chi connectivity index (χ3n) is 2.92. The first-order valence-corrected chi connectivity index (χ1v) is 9.78. The average molecular weight is 368 g/mol. The molecule has 0 aliphatic heterocycles. The van der Waals surface area contributed by atoms with Crippen LogP contribution >= 0.6 is 0 Å². The number of carbonyl (C=O) groups excluding carboxylic acids is 1. The van der Waals surface area contributed by atoms with Crippen LogP contribution in [0.15, 0.2) is 54.6 Å². The van der Waals surface area contributed by atoms with Crippen molar-refractivity contribution in [2.45, 2.75) is 15.9 Å². The van der Waals surface area contributed by atoms with Crippen molar-refractivity contribution in [1.82, 2.24) is 0 Å². The van der Waals surface area contributed by atoms with Gasteiger partial charge in [-0.05, 0) is 0 Å². The molecule has 0 heterocycles. The fraction of sp³-hybridized carbons (Fsp3) is 0.188. The number of hydrogen-bond acceptors (Lipinski definition) is 2. The predicted octanol–water partition coefficient (Wildman–Crippen LogP) is 3.72. The molecule has 0 saturated carbocycles. The molecule has 0 aliphatic rings. The Labute approximate surface area is 123 Å². The first kappa shape index (κ1) is 14.1. The quantitative estimate of drug-likeness (QED) is 0.467. The molecule has 2 aromatic carbocycles. The maximum atomic E-state index is 12.0. The Hall–Kier alpha value is -1.30. The van der Waals surface area contributed by atoms with Crippen LogP contribution in [0.1, 0.15) is 26.8 Å². The van der Waals surface area contributed by atoms with E-state index in [2.05, 4.69) is 11.9 Å². The number of rotatable bonds is 4. The van der Waals surface area contributed by atoms with Gasteiger partial charge in [0.05, 0.1) is 0 Å². The molecule has 2 rings (SSSR count). The van der Waals surface area contributed by atoms with Crippen molar-refractivity contribution in [2.24, 2.45) is 0 Å². The van der Waals surface area contributed by atoms with Crippen LogP contribution in [0.3, 0.4) is 0 Å². The third-order valence-corrected chi connectivity index (χ3v) is 5.72. The SMILES string of the molecule is C[Te]C(C)c1ccc(C(=O)Oc2ccccc2)cc1. The summed E-state index contributed by atoms with van der Waals surface area (Å²) in [6.07, 6.45) is 0. The fourth-order valence-corrected chi connectivity index (χ4v) is 2.91. The van der Waals surface area contributed by atoms with Crippen LogP contribution in [0.25, 0.3) is 0 Å². The van der Waals surface area contributed by atoms with E-state index in [1.54, 1.807) is 12.1 Å². The van der Waals surface area contributed by atoms with Crippen LogP contribution in [-0.4, -0.2) is 26.9 Å². The van der Waals surface area contributed by atoms with Gasteiger partial charge in [-0.25, -0.2) is 0 Å². The summed E-state index contributed by atoms with van der Waals surface area (Å²) in [5.74, 6) is 0.267. The van der Waals surface area contributed by atoms with Gasteiger partial charge >= 0.3 is 124 Å². The van der Waals surface area contributed by atoms with E-state index >= 15 is 0 Å². The molecule has 98 valence electrons. The van der Waals surface area contributed by atoms with Crippen LogP contribution < -0.4 is 4.74 Å². The molecule has 0 aliphatic carbocycles. The topological polar surface area (TPSA) is 26.3 Å². The van der Waals surface area contributed by atoms with E-state index < -0.39 is 0 Å². The molecule has 3 heteroatoms. The van der Waals surface area contributed by atoms with Gasteiger partial charge in [-0.2, -0.15) is 0 Å². The van der Waals surface area contributed by atoms with Crippen molar-refractivity contribution < 1.29 is 9.53 Å². The second-order valence-electron chi connectivity index (χ2n) is 4.20. The zero-order valence-corrected chi connectivity index (χ0v) is 13.3. The first-order chi connectivity index (χ1) is 9.20. The van der Waals surface area contributed by atoms with Gasteiger partial charge in [0, 0.05) is 0 Å². The van der Waals surface area contributed by atoms with Crippen LogP contribution in [0.2, 0.25) is 4.97 Å². The molecule has 2 nitrogen and oxygen atoms in total.